The Morgan fingerprint density at radius 2 is 2.33 bits per heavy atom. The van der Waals surface area contributed by atoms with E-state index in [1.54, 1.807) is 6.20 Å². The fraction of sp³-hybridized carbons (Fsp3) is 0.286. The zero-order valence-corrected chi connectivity index (χ0v) is 7.76. The first kappa shape index (κ1) is 7.67. The number of hydrogen-bond donors (Lipinski definition) is 1. The summed E-state index contributed by atoms with van der Waals surface area (Å²) >= 11 is 3.22. The summed E-state index contributed by atoms with van der Waals surface area (Å²) in [7, 11) is 0. The SMILES string of the molecule is O=C1CCc2nc(Br)cnc2N1. The van der Waals surface area contributed by atoms with E-state index in [4.69, 9.17) is 0 Å². The van der Waals surface area contributed by atoms with Crippen LogP contribution in [0, 0.1) is 0 Å². The van der Waals surface area contributed by atoms with Crippen molar-refractivity contribution in [2.75, 3.05) is 5.32 Å². The number of hydrogen-bond acceptors (Lipinski definition) is 3. The van der Waals surface area contributed by atoms with E-state index in [-0.39, 0.29) is 5.91 Å². The highest BCUT2D eigenvalue weighted by atomic mass is 79.9. The van der Waals surface area contributed by atoms with Gasteiger partial charge in [0.2, 0.25) is 5.91 Å². The number of amides is 1. The molecule has 1 aliphatic rings. The molecule has 1 aromatic heterocycles. The van der Waals surface area contributed by atoms with Crippen molar-refractivity contribution in [2.24, 2.45) is 0 Å². The van der Waals surface area contributed by atoms with Crippen LogP contribution in [-0.2, 0) is 11.2 Å². The maximum Gasteiger partial charge on any atom is 0.225 e. The lowest BCUT2D eigenvalue weighted by molar-refractivity contribution is -0.116. The molecule has 0 saturated heterocycles. The van der Waals surface area contributed by atoms with Crippen LogP contribution in [0.25, 0.3) is 0 Å². The molecule has 1 amide bonds. The van der Waals surface area contributed by atoms with Gasteiger partial charge in [-0.3, -0.25) is 4.79 Å². The first-order valence-electron chi connectivity index (χ1n) is 3.57. The van der Waals surface area contributed by atoms with Gasteiger partial charge in [0.15, 0.2) is 5.82 Å². The minimum atomic E-state index is 0.0131. The van der Waals surface area contributed by atoms with Crippen molar-refractivity contribution in [3.8, 4) is 0 Å². The van der Waals surface area contributed by atoms with E-state index in [1.165, 1.54) is 0 Å². The van der Waals surface area contributed by atoms with Crippen molar-refractivity contribution in [1.82, 2.24) is 9.97 Å². The van der Waals surface area contributed by atoms with E-state index >= 15 is 0 Å². The molecule has 0 bridgehead atoms. The van der Waals surface area contributed by atoms with Crippen LogP contribution in [0.4, 0.5) is 5.82 Å². The van der Waals surface area contributed by atoms with Gasteiger partial charge >= 0.3 is 0 Å². The summed E-state index contributed by atoms with van der Waals surface area (Å²) in [6.45, 7) is 0. The van der Waals surface area contributed by atoms with Crippen LogP contribution in [0.15, 0.2) is 10.8 Å². The number of carbonyl (C=O) groups excluding carboxylic acids is 1. The van der Waals surface area contributed by atoms with Crippen molar-refractivity contribution < 1.29 is 4.79 Å². The molecule has 2 heterocycles. The molecule has 0 aromatic carbocycles. The number of nitrogens with zero attached hydrogens (tertiary/aromatic N) is 2. The number of aromatic nitrogens is 2. The van der Waals surface area contributed by atoms with E-state index in [0.717, 1.165) is 5.69 Å². The second kappa shape index (κ2) is 2.82. The predicted octanol–water partition coefficient (Wildman–Crippen LogP) is 1.12. The molecule has 1 aromatic rings. The summed E-state index contributed by atoms with van der Waals surface area (Å²) in [6.07, 6.45) is 2.75. The Kier molecular flexibility index (Phi) is 1.80. The zero-order chi connectivity index (χ0) is 8.55. The number of nitrogens with one attached hydrogen (secondary N) is 1. The van der Waals surface area contributed by atoms with Crippen molar-refractivity contribution in [3.63, 3.8) is 0 Å². The standard InChI is InChI=1S/C7H6BrN3O/c8-5-3-9-7-4(10-5)1-2-6(12)11-7/h3H,1-2H2,(H,9,11,12). The van der Waals surface area contributed by atoms with E-state index in [2.05, 4.69) is 31.2 Å². The normalized spacial score (nSPS) is 15.2. The molecular weight excluding hydrogens is 222 g/mol. The topological polar surface area (TPSA) is 54.9 Å². The van der Waals surface area contributed by atoms with Gasteiger partial charge in [-0.25, -0.2) is 9.97 Å². The van der Waals surface area contributed by atoms with Gasteiger partial charge in [0.1, 0.15) is 4.60 Å². The number of fused-ring (bicyclic) bond motifs is 1. The number of aryl methyl sites for hydroxylation is 1. The summed E-state index contributed by atoms with van der Waals surface area (Å²) in [5, 5.41) is 2.65. The predicted molar refractivity (Wildman–Crippen MR) is 46.7 cm³/mol. The first-order chi connectivity index (χ1) is 5.75. The van der Waals surface area contributed by atoms with E-state index in [1.807, 2.05) is 0 Å². The third kappa shape index (κ3) is 1.32. The third-order valence-corrected chi connectivity index (χ3v) is 2.04. The molecule has 2 rings (SSSR count). The summed E-state index contributed by atoms with van der Waals surface area (Å²) in [6, 6.07) is 0. The molecule has 0 saturated carbocycles. The van der Waals surface area contributed by atoms with E-state index in [0.29, 0.717) is 23.3 Å². The van der Waals surface area contributed by atoms with Gasteiger partial charge in [0, 0.05) is 12.8 Å². The van der Waals surface area contributed by atoms with E-state index in [9.17, 15) is 4.79 Å². The van der Waals surface area contributed by atoms with Gasteiger partial charge in [-0.2, -0.15) is 0 Å². The highest BCUT2D eigenvalue weighted by molar-refractivity contribution is 9.10. The Balaban J connectivity index is 2.43. The van der Waals surface area contributed by atoms with Crippen LogP contribution >= 0.6 is 15.9 Å². The van der Waals surface area contributed by atoms with Gasteiger partial charge in [0.05, 0.1) is 11.9 Å². The molecule has 4 nitrogen and oxygen atoms in total. The van der Waals surface area contributed by atoms with Crippen LogP contribution in [0.5, 0.6) is 0 Å². The van der Waals surface area contributed by atoms with Crippen LogP contribution in [0.1, 0.15) is 12.1 Å². The van der Waals surface area contributed by atoms with Crippen molar-refractivity contribution in [3.05, 3.63) is 16.5 Å². The number of anilines is 1. The van der Waals surface area contributed by atoms with Crippen LogP contribution in [0.3, 0.4) is 0 Å². The van der Waals surface area contributed by atoms with Crippen molar-refractivity contribution in [2.45, 2.75) is 12.8 Å². The lowest BCUT2D eigenvalue weighted by Gasteiger charge is -2.13. The molecular formula is C7H6BrN3O. The minimum absolute atomic E-state index is 0.0131. The van der Waals surface area contributed by atoms with Crippen LogP contribution < -0.4 is 5.32 Å². The second-order valence-electron chi connectivity index (χ2n) is 2.54. The van der Waals surface area contributed by atoms with Gasteiger partial charge in [0.25, 0.3) is 0 Å². The fourth-order valence-electron chi connectivity index (χ4n) is 1.11. The van der Waals surface area contributed by atoms with Crippen LogP contribution in [0.2, 0.25) is 0 Å². The fourth-order valence-corrected chi connectivity index (χ4v) is 1.42. The molecule has 0 aliphatic carbocycles. The molecule has 0 atom stereocenters. The Morgan fingerprint density at radius 1 is 1.50 bits per heavy atom. The summed E-state index contributed by atoms with van der Waals surface area (Å²) in [4.78, 5) is 19.1. The minimum Gasteiger partial charge on any atom is -0.309 e. The molecule has 1 N–H and O–H groups in total. The highest BCUT2D eigenvalue weighted by Gasteiger charge is 2.16. The van der Waals surface area contributed by atoms with Crippen molar-refractivity contribution in [1.29, 1.82) is 0 Å². The monoisotopic (exact) mass is 227 g/mol. The quantitative estimate of drug-likeness (QED) is 0.723. The smallest absolute Gasteiger partial charge is 0.225 e. The lowest BCUT2D eigenvalue weighted by Crippen LogP contribution is -2.21. The molecule has 0 radical (unpaired) electrons. The number of halogens is 1. The summed E-state index contributed by atoms with van der Waals surface area (Å²) in [5.41, 5.74) is 0.851. The van der Waals surface area contributed by atoms with Gasteiger partial charge < -0.3 is 5.32 Å². The zero-order valence-electron chi connectivity index (χ0n) is 6.17. The largest absolute Gasteiger partial charge is 0.309 e. The van der Waals surface area contributed by atoms with Crippen molar-refractivity contribution >= 4 is 27.7 Å². The molecule has 0 unspecified atom stereocenters. The Bertz CT molecular complexity index is 339. The Hall–Kier alpha value is -0.970. The molecule has 62 valence electrons. The maximum atomic E-state index is 10.9. The number of rotatable bonds is 0. The lowest BCUT2D eigenvalue weighted by atomic mass is 10.1. The Morgan fingerprint density at radius 3 is 3.17 bits per heavy atom. The first-order valence-corrected chi connectivity index (χ1v) is 4.36. The Labute approximate surface area is 77.5 Å². The molecule has 0 fully saturated rings. The molecule has 0 spiro atoms. The highest BCUT2D eigenvalue weighted by Crippen LogP contribution is 2.19. The average Bonchev–Trinajstić information content (AvgIpc) is 2.05. The summed E-state index contributed by atoms with van der Waals surface area (Å²) < 4.78 is 0.706. The van der Waals surface area contributed by atoms with Gasteiger partial charge in [-0.05, 0) is 15.9 Å². The molecule has 1 aliphatic heterocycles. The number of carbonyl (C=O) groups is 1. The molecule has 12 heavy (non-hydrogen) atoms. The van der Waals surface area contributed by atoms with Gasteiger partial charge in [-0.1, -0.05) is 0 Å². The van der Waals surface area contributed by atoms with E-state index < -0.39 is 0 Å². The summed E-state index contributed by atoms with van der Waals surface area (Å²) in [5.74, 6) is 0.605. The molecule has 5 heteroatoms. The van der Waals surface area contributed by atoms with Gasteiger partial charge in [-0.15, -0.1) is 0 Å². The van der Waals surface area contributed by atoms with Crippen LogP contribution in [-0.4, -0.2) is 15.9 Å². The maximum absolute atomic E-state index is 10.9. The second-order valence-corrected chi connectivity index (χ2v) is 3.35. The third-order valence-electron chi connectivity index (χ3n) is 1.66. The average molecular weight is 228 g/mol.